The Kier molecular flexibility index (Phi) is 8.00. The van der Waals surface area contributed by atoms with Gasteiger partial charge in [0, 0.05) is 35.0 Å². The fourth-order valence-electron chi connectivity index (χ4n) is 7.00. The quantitative estimate of drug-likeness (QED) is 0.215. The van der Waals surface area contributed by atoms with Crippen molar-refractivity contribution in [2.24, 2.45) is 0 Å². The molecule has 2 aliphatic heterocycles. The van der Waals surface area contributed by atoms with Crippen molar-refractivity contribution in [2.75, 3.05) is 24.6 Å². The van der Waals surface area contributed by atoms with Gasteiger partial charge in [-0.2, -0.15) is 5.10 Å². The molecule has 0 amide bonds. The highest BCUT2D eigenvalue weighted by atomic mass is 16.5. The van der Waals surface area contributed by atoms with Crippen LogP contribution in [0.5, 0.6) is 5.75 Å². The van der Waals surface area contributed by atoms with E-state index in [1.165, 1.54) is 11.1 Å². The molecule has 1 N–H and O–H groups in total. The molecule has 0 aliphatic carbocycles. The largest absolute Gasteiger partial charge is 0.490 e. The van der Waals surface area contributed by atoms with Gasteiger partial charge in [-0.15, -0.1) is 0 Å². The van der Waals surface area contributed by atoms with Crippen LogP contribution in [0.1, 0.15) is 68.5 Å². The molecule has 4 heterocycles. The number of carboxylic acid groups (broad SMARTS) is 1. The first-order valence-electron chi connectivity index (χ1n) is 16.6. The van der Waals surface area contributed by atoms with Crippen LogP contribution in [0, 0.1) is 13.8 Å². The van der Waals surface area contributed by atoms with Gasteiger partial charge in [0.05, 0.1) is 29.2 Å². The normalized spacial score (nSPS) is 15.5. The third-order valence-electron chi connectivity index (χ3n) is 9.17. The summed E-state index contributed by atoms with van der Waals surface area (Å²) in [5, 5.41) is 15.8. The first-order valence-corrected chi connectivity index (χ1v) is 16.6. The number of aromatic nitrogens is 3. The van der Waals surface area contributed by atoms with Gasteiger partial charge >= 0.3 is 5.97 Å². The summed E-state index contributed by atoms with van der Waals surface area (Å²) in [6.45, 7) is 11.9. The van der Waals surface area contributed by atoms with Crippen molar-refractivity contribution in [3.8, 4) is 39.4 Å². The smallest absolute Gasteiger partial charge is 0.337 e. The zero-order valence-corrected chi connectivity index (χ0v) is 27.8. The van der Waals surface area contributed by atoms with E-state index in [0.717, 1.165) is 78.2 Å². The molecule has 7 rings (SSSR count). The fraction of sp³-hybridized carbons (Fsp3) is 0.359. The monoisotopic (exact) mass is 630 g/mol. The number of hydrogen-bond donors (Lipinski definition) is 1. The first-order chi connectivity index (χ1) is 22.6. The summed E-state index contributed by atoms with van der Waals surface area (Å²) in [7, 11) is 0. The molecule has 8 heteroatoms. The van der Waals surface area contributed by atoms with Gasteiger partial charge in [0.15, 0.2) is 11.8 Å². The second kappa shape index (κ2) is 12.2. The SMILES string of the molecule is Cc1cc2c3cc1-c1c([C@H](OC(C)(C)C)C(=O)O)c(C)nc4cc(nn14)-c1cccc(c1)-c1ccccc1CCCCCN3CCO2. The van der Waals surface area contributed by atoms with E-state index in [0.29, 0.717) is 29.2 Å². The molecule has 3 aromatic carbocycles. The van der Waals surface area contributed by atoms with Crippen molar-refractivity contribution in [3.63, 3.8) is 0 Å². The number of ether oxygens (including phenoxy) is 2. The molecule has 0 unspecified atom stereocenters. The Bertz CT molecular complexity index is 1990. The summed E-state index contributed by atoms with van der Waals surface area (Å²) in [5.74, 6) is -0.220. The Balaban J connectivity index is 1.52. The number of hydrogen-bond acceptors (Lipinski definition) is 6. The van der Waals surface area contributed by atoms with Gasteiger partial charge in [0.2, 0.25) is 0 Å². The Labute approximate surface area is 276 Å². The number of carbonyl (C=O) groups is 1. The van der Waals surface area contributed by atoms with Crippen LogP contribution in [-0.4, -0.2) is 51.0 Å². The third-order valence-corrected chi connectivity index (χ3v) is 9.17. The number of rotatable bonds is 3. The number of fused-ring (bicyclic) bond motifs is 8. The Hall–Kier alpha value is -4.69. The topological polar surface area (TPSA) is 89.2 Å². The van der Waals surface area contributed by atoms with Crippen LogP contribution in [0.4, 0.5) is 5.69 Å². The van der Waals surface area contributed by atoms with Gasteiger partial charge in [-0.1, -0.05) is 48.9 Å². The van der Waals surface area contributed by atoms with E-state index in [1.54, 1.807) is 0 Å². The van der Waals surface area contributed by atoms with Crippen molar-refractivity contribution >= 4 is 17.3 Å². The summed E-state index contributed by atoms with van der Waals surface area (Å²) in [5.41, 5.74) is 10.0. The molecule has 8 nitrogen and oxygen atoms in total. The fourth-order valence-corrected chi connectivity index (χ4v) is 7.00. The molecule has 47 heavy (non-hydrogen) atoms. The van der Waals surface area contributed by atoms with E-state index in [2.05, 4.69) is 65.6 Å². The molecule has 5 aromatic rings. The molecule has 0 saturated carbocycles. The Morgan fingerprint density at radius 2 is 1.74 bits per heavy atom. The lowest BCUT2D eigenvalue weighted by atomic mass is 9.94. The summed E-state index contributed by atoms with van der Waals surface area (Å²) in [4.78, 5) is 20.3. The number of benzene rings is 3. The minimum absolute atomic E-state index is 0.498. The molecule has 2 aromatic heterocycles. The maximum absolute atomic E-state index is 13.0. The second-order valence-corrected chi connectivity index (χ2v) is 13.7. The lowest BCUT2D eigenvalue weighted by molar-refractivity contribution is -0.160. The van der Waals surface area contributed by atoms with Crippen LogP contribution >= 0.6 is 0 Å². The first kappa shape index (κ1) is 30.9. The summed E-state index contributed by atoms with van der Waals surface area (Å²) >= 11 is 0. The molecule has 0 saturated heterocycles. The van der Waals surface area contributed by atoms with Crippen LogP contribution in [0.3, 0.4) is 0 Å². The number of carboxylic acids is 1. The highest BCUT2D eigenvalue weighted by Gasteiger charge is 2.34. The van der Waals surface area contributed by atoms with Crippen LogP contribution in [0.2, 0.25) is 0 Å². The van der Waals surface area contributed by atoms with E-state index in [1.807, 2.05) is 45.2 Å². The average molecular weight is 631 g/mol. The highest BCUT2D eigenvalue weighted by molar-refractivity contribution is 5.84. The molecule has 6 bridgehead atoms. The van der Waals surface area contributed by atoms with Gasteiger partial charge in [0.1, 0.15) is 12.4 Å². The van der Waals surface area contributed by atoms with Crippen LogP contribution < -0.4 is 9.64 Å². The molecule has 242 valence electrons. The number of aryl methyl sites for hydroxylation is 3. The van der Waals surface area contributed by atoms with E-state index in [4.69, 9.17) is 19.6 Å². The van der Waals surface area contributed by atoms with Gasteiger partial charge in [0.25, 0.3) is 0 Å². The average Bonchev–Trinajstić information content (AvgIpc) is 3.46. The van der Waals surface area contributed by atoms with Crippen molar-refractivity contribution in [2.45, 2.75) is 72.0 Å². The lowest BCUT2D eigenvalue weighted by Crippen LogP contribution is -2.33. The second-order valence-electron chi connectivity index (χ2n) is 13.7. The van der Waals surface area contributed by atoms with Crippen molar-refractivity contribution < 1.29 is 19.4 Å². The third kappa shape index (κ3) is 5.98. The zero-order chi connectivity index (χ0) is 32.9. The summed E-state index contributed by atoms with van der Waals surface area (Å²) in [6.07, 6.45) is 3.06. The van der Waals surface area contributed by atoms with Crippen LogP contribution in [0.25, 0.3) is 39.3 Å². The summed E-state index contributed by atoms with van der Waals surface area (Å²) < 4.78 is 14.2. The van der Waals surface area contributed by atoms with Gasteiger partial charge in [-0.05, 0) is 94.3 Å². The van der Waals surface area contributed by atoms with Crippen LogP contribution in [0.15, 0.2) is 66.7 Å². The summed E-state index contributed by atoms with van der Waals surface area (Å²) in [6, 6.07) is 23.4. The van der Waals surface area contributed by atoms with Crippen molar-refractivity contribution in [1.82, 2.24) is 14.6 Å². The minimum atomic E-state index is -1.25. The highest BCUT2D eigenvalue weighted by Crippen LogP contribution is 2.43. The standard InChI is InChI=1S/C39H42N4O4/c1-24-20-33-32-22-30(24)36-35(37(38(44)45)47-39(3,4)5)25(2)40-34-23-31(41-43(34)36)28-15-11-14-27(21-28)29-16-9-8-13-26(29)12-7-6-10-17-42(32)18-19-46-33/h8-9,11,13-16,20-23,37H,6-7,10,12,17-19H2,1-5H3,(H,44,45)/t37-/m0/s1. The minimum Gasteiger partial charge on any atom is -0.490 e. The molecule has 0 radical (unpaired) electrons. The van der Waals surface area contributed by atoms with E-state index in [-0.39, 0.29) is 0 Å². The molecular weight excluding hydrogens is 588 g/mol. The van der Waals surface area contributed by atoms with Crippen molar-refractivity contribution in [1.29, 1.82) is 0 Å². The number of nitrogens with zero attached hydrogens (tertiary/aromatic N) is 4. The van der Waals surface area contributed by atoms with Gasteiger partial charge in [-0.25, -0.2) is 14.3 Å². The molecular formula is C39H42N4O4. The van der Waals surface area contributed by atoms with E-state index in [9.17, 15) is 9.90 Å². The predicted octanol–water partition coefficient (Wildman–Crippen LogP) is 8.21. The number of anilines is 1. The maximum atomic E-state index is 13.0. The number of aliphatic carboxylic acids is 1. The van der Waals surface area contributed by atoms with Crippen LogP contribution in [-0.2, 0) is 16.0 Å². The molecule has 2 aliphatic rings. The predicted molar refractivity (Wildman–Crippen MR) is 185 cm³/mol. The Morgan fingerprint density at radius 1 is 0.936 bits per heavy atom. The Morgan fingerprint density at radius 3 is 2.55 bits per heavy atom. The van der Waals surface area contributed by atoms with E-state index >= 15 is 0 Å². The lowest BCUT2D eigenvalue weighted by Gasteiger charge is -2.33. The molecule has 0 spiro atoms. The van der Waals surface area contributed by atoms with Gasteiger partial charge < -0.3 is 19.5 Å². The zero-order valence-electron chi connectivity index (χ0n) is 27.8. The van der Waals surface area contributed by atoms with Gasteiger partial charge in [-0.3, -0.25) is 0 Å². The maximum Gasteiger partial charge on any atom is 0.337 e. The molecule has 0 fully saturated rings. The molecule has 1 atom stereocenters. The van der Waals surface area contributed by atoms with E-state index < -0.39 is 17.7 Å². The van der Waals surface area contributed by atoms with Crippen molar-refractivity contribution in [3.05, 3.63) is 89.1 Å².